The van der Waals surface area contributed by atoms with Crippen LogP contribution in [0.25, 0.3) is 0 Å². The van der Waals surface area contributed by atoms with Gasteiger partial charge in [-0.25, -0.2) is 4.79 Å². The van der Waals surface area contributed by atoms with Gasteiger partial charge in [0.25, 0.3) is 5.91 Å². The molecule has 0 spiro atoms. The van der Waals surface area contributed by atoms with Crippen LogP contribution in [0.1, 0.15) is 12.5 Å². The molecule has 0 radical (unpaired) electrons. The maximum absolute atomic E-state index is 12.3. The molecule has 2 fully saturated rings. The minimum atomic E-state index is -0.277. The Hall–Kier alpha value is -1.69. The highest BCUT2D eigenvalue weighted by Crippen LogP contribution is 2.35. The summed E-state index contributed by atoms with van der Waals surface area (Å²) in [4.78, 5) is 27.7. The van der Waals surface area contributed by atoms with Crippen LogP contribution in [0, 0.1) is 0 Å². The van der Waals surface area contributed by atoms with Gasteiger partial charge in [-0.1, -0.05) is 12.1 Å². The molecule has 1 aromatic carbocycles. The highest BCUT2D eigenvalue weighted by Gasteiger charge is 2.50. The smallest absolute Gasteiger partial charge is 0.328 e. The number of ether oxygens (including phenoxy) is 1. The van der Waals surface area contributed by atoms with Gasteiger partial charge in [-0.05, 0) is 24.6 Å². The van der Waals surface area contributed by atoms with E-state index >= 15 is 0 Å². The Balaban J connectivity index is 1.77. The molecule has 2 aliphatic rings. The van der Waals surface area contributed by atoms with Crippen molar-refractivity contribution in [2.75, 3.05) is 12.9 Å². The summed E-state index contributed by atoms with van der Waals surface area (Å²) >= 11 is 1.65. The summed E-state index contributed by atoms with van der Waals surface area (Å²) in [7, 11) is 1.61. The third kappa shape index (κ3) is 2.04. The number of carbonyl (C=O) groups is 2. The lowest BCUT2D eigenvalue weighted by Gasteiger charge is -2.19. The summed E-state index contributed by atoms with van der Waals surface area (Å²) < 4.78 is 5.10. The van der Waals surface area contributed by atoms with Crippen molar-refractivity contribution in [2.24, 2.45) is 0 Å². The van der Waals surface area contributed by atoms with E-state index in [0.717, 1.165) is 11.3 Å². The number of nitrogens with zero attached hydrogens (tertiary/aromatic N) is 2. The first-order valence-electron chi connectivity index (χ1n) is 6.50. The highest BCUT2D eigenvalue weighted by molar-refractivity contribution is 8.00. The molecule has 2 saturated heterocycles. The minimum absolute atomic E-state index is 0.0808. The zero-order chi connectivity index (χ0) is 14.3. The van der Waals surface area contributed by atoms with Gasteiger partial charge in [0.1, 0.15) is 11.8 Å². The monoisotopic (exact) mass is 292 g/mol. The molecule has 0 aromatic heterocycles. The third-order valence-corrected chi connectivity index (χ3v) is 4.94. The molecule has 1 aromatic rings. The molecule has 0 bridgehead atoms. The van der Waals surface area contributed by atoms with Crippen LogP contribution >= 0.6 is 11.8 Å². The van der Waals surface area contributed by atoms with Gasteiger partial charge in [-0.15, -0.1) is 11.8 Å². The van der Waals surface area contributed by atoms with E-state index in [-0.39, 0.29) is 23.4 Å². The van der Waals surface area contributed by atoms with E-state index in [2.05, 4.69) is 0 Å². The number of hydrogen-bond acceptors (Lipinski definition) is 4. The number of thioether (sulfide) groups is 1. The average Bonchev–Trinajstić information content (AvgIpc) is 2.95. The van der Waals surface area contributed by atoms with Crippen molar-refractivity contribution in [1.29, 1.82) is 0 Å². The van der Waals surface area contributed by atoms with Crippen molar-refractivity contribution < 1.29 is 14.3 Å². The first kappa shape index (κ1) is 13.3. The molecule has 5 nitrogen and oxygen atoms in total. The fourth-order valence-electron chi connectivity index (χ4n) is 2.60. The Morgan fingerprint density at radius 3 is 2.60 bits per heavy atom. The van der Waals surface area contributed by atoms with Gasteiger partial charge in [0.05, 0.1) is 19.0 Å². The molecule has 3 amide bonds. The molecule has 1 unspecified atom stereocenters. The van der Waals surface area contributed by atoms with Crippen molar-refractivity contribution in [3.8, 4) is 5.75 Å². The zero-order valence-electron chi connectivity index (χ0n) is 11.4. The van der Waals surface area contributed by atoms with Crippen LogP contribution in [0.3, 0.4) is 0 Å². The van der Waals surface area contributed by atoms with Crippen LogP contribution in [-0.4, -0.2) is 46.0 Å². The maximum Gasteiger partial charge on any atom is 0.328 e. The molecule has 2 aliphatic heterocycles. The largest absolute Gasteiger partial charge is 0.497 e. The maximum atomic E-state index is 12.3. The molecule has 0 N–H and O–H groups in total. The molecule has 6 heteroatoms. The predicted molar refractivity (Wildman–Crippen MR) is 76.5 cm³/mol. The van der Waals surface area contributed by atoms with Crippen LogP contribution < -0.4 is 4.74 Å². The van der Waals surface area contributed by atoms with Crippen LogP contribution in [0.4, 0.5) is 4.79 Å². The lowest BCUT2D eigenvalue weighted by molar-refractivity contribution is -0.128. The molecule has 2 atom stereocenters. The number of methoxy groups -OCH3 is 1. The van der Waals surface area contributed by atoms with E-state index in [0.29, 0.717) is 12.3 Å². The second kappa shape index (κ2) is 5.01. The summed E-state index contributed by atoms with van der Waals surface area (Å²) in [5.41, 5.74) is 0.925. The van der Waals surface area contributed by atoms with E-state index in [4.69, 9.17) is 4.74 Å². The molecule has 2 heterocycles. The Morgan fingerprint density at radius 2 is 2.00 bits per heavy atom. The second-order valence-corrected chi connectivity index (χ2v) is 6.26. The van der Waals surface area contributed by atoms with Crippen LogP contribution in [-0.2, 0) is 11.3 Å². The Labute approximate surface area is 121 Å². The van der Waals surface area contributed by atoms with E-state index < -0.39 is 0 Å². The van der Waals surface area contributed by atoms with Crippen molar-refractivity contribution in [2.45, 2.75) is 24.9 Å². The first-order chi connectivity index (χ1) is 9.61. The summed E-state index contributed by atoms with van der Waals surface area (Å²) in [6, 6.07) is 6.97. The van der Waals surface area contributed by atoms with Crippen molar-refractivity contribution in [1.82, 2.24) is 9.80 Å². The fraction of sp³-hybridized carbons (Fsp3) is 0.429. The van der Waals surface area contributed by atoms with Gasteiger partial charge < -0.3 is 4.74 Å². The van der Waals surface area contributed by atoms with Crippen molar-refractivity contribution in [3.05, 3.63) is 29.8 Å². The topological polar surface area (TPSA) is 49.9 Å². The summed E-state index contributed by atoms with van der Waals surface area (Å²) in [5.74, 6) is 1.38. The number of urea groups is 1. The van der Waals surface area contributed by atoms with E-state index in [1.165, 1.54) is 4.90 Å². The predicted octanol–water partition coefficient (Wildman–Crippen LogP) is 1.92. The Bertz CT molecular complexity index is 546. The molecule has 0 aliphatic carbocycles. The normalized spacial score (nSPS) is 25.3. The highest BCUT2D eigenvalue weighted by atomic mass is 32.2. The number of hydrogen-bond donors (Lipinski definition) is 0. The number of amides is 3. The number of carbonyl (C=O) groups excluding carboxylic acids is 2. The number of fused-ring (bicyclic) bond motifs is 1. The molecule has 106 valence electrons. The summed E-state index contributed by atoms with van der Waals surface area (Å²) in [6.07, 6.45) is 0. The van der Waals surface area contributed by atoms with Crippen molar-refractivity contribution >= 4 is 23.7 Å². The third-order valence-electron chi connectivity index (χ3n) is 3.73. The molecule has 0 saturated carbocycles. The Morgan fingerprint density at radius 1 is 1.30 bits per heavy atom. The number of benzene rings is 1. The van der Waals surface area contributed by atoms with Crippen LogP contribution in [0.5, 0.6) is 5.75 Å². The first-order valence-corrected chi connectivity index (χ1v) is 7.55. The number of imide groups is 1. The summed E-state index contributed by atoms with van der Waals surface area (Å²) in [6.45, 7) is 2.29. The lowest BCUT2D eigenvalue weighted by Crippen LogP contribution is -2.35. The molecule has 3 rings (SSSR count). The van der Waals surface area contributed by atoms with Gasteiger partial charge in [0.15, 0.2) is 0 Å². The zero-order valence-corrected chi connectivity index (χ0v) is 12.2. The Kier molecular flexibility index (Phi) is 3.33. The number of rotatable bonds is 3. The van der Waals surface area contributed by atoms with Crippen molar-refractivity contribution in [3.63, 3.8) is 0 Å². The molecule has 20 heavy (non-hydrogen) atoms. The lowest BCUT2D eigenvalue weighted by atomic mass is 10.2. The van der Waals surface area contributed by atoms with Gasteiger partial charge in [0, 0.05) is 5.75 Å². The van der Waals surface area contributed by atoms with Gasteiger partial charge in [-0.3, -0.25) is 14.6 Å². The molecular weight excluding hydrogens is 276 g/mol. The quantitative estimate of drug-likeness (QED) is 0.799. The van der Waals surface area contributed by atoms with Crippen LogP contribution in [0.2, 0.25) is 0 Å². The summed E-state index contributed by atoms with van der Waals surface area (Å²) in [5, 5.41) is 0.0808. The SMILES string of the molecule is COc1ccc(CN2C(=O)[C@@H]3CSC(C)N3C2=O)cc1. The van der Waals surface area contributed by atoms with E-state index in [9.17, 15) is 9.59 Å². The minimum Gasteiger partial charge on any atom is -0.497 e. The van der Waals surface area contributed by atoms with Gasteiger partial charge >= 0.3 is 6.03 Å². The van der Waals surface area contributed by atoms with E-state index in [1.807, 2.05) is 31.2 Å². The van der Waals surface area contributed by atoms with E-state index in [1.54, 1.807) is 23.8 Å². The van der Waals surface area contributed by atoms with Gasteiger partial charge in [0.2, 0.25) is 0 Å². The second-order valence-electron chi connectivity index (χ2n) is 4.91. The standard InChI is InChI=1S/C14H16N2O3S/c1-9-16-12(8-20-9)13(17)15(14(16)18)7-10-3-5-11(19-2)6-4-10/h3-6,9,12H,7-8H2,1-2H3/t9?,12-/m0/s1. The average molecular weight is 292 g/mol. The van der Waals surface area contributed by atoms with Gasteiger partial charge in [-0.2, -0.15) is 0 Å². The fourth-order valence-corrected chi connectivity index (χ4v) is 3.76. The van der Waals surface area contributed by atoms with Crippen LogP contribution in [0.15, 0.2) is 24.3 Å². The molecular formula is C14H16N2O3S.